The highest BCUT2D eigenvalue weighted by Gasteiger charge is 2.38. The van der Waals surface area contributed by atoms with E-state index in [1.54, 1.807) is 42.5 Å². The minimum atomic E-state index is -5.08. The summed E-state index contributed by atoms with van der Waals surface area (Å²) in [6, 6.07) is 19.4. The van der Waals surface area contributed by atoms with E-state index in [0.717, 1.165) is 5.56 Å². The van der Waals surface area contributed by atoms with E-state index in [1.165, 1.54) is 24.3 Å². The van der Waals surface area contributed by atoms with Crippen molar-refractivity contribution in [1.82, 2.24) is 4.90 Å². The summed E-state index contributed by atoms with van der Waals surface area (Å²) in [7, 11) is 0. The summed E-state index contributed by atoms with van der Waals surface area (Å²) < 4.78 is 59.2. The molecular formula is C27H25F5N4O4. The first kappa shape index (κ1) is 29.9. The number of para-hydroxylation sites is 1. The summed E-state index contributed by atoms with van der Waals surface area (Å²) in [6.07, 6.45) is -5.08. The summed E-state index contributed by atoms with van der Waals surface area (Å²) in [6.45, 7) is 2.74. The first-order valence-electron chi connectivity index (χ1n) is 11.9. The maximum atomic E-state index is 14.2. The first-order valence-corrected chi connectivity index (χ1v) is 11.9. The number of aliphatic imine (C=N–C) groups is 1. The normalized spacial score (nSPS) is 13.8. The molecule has 13 heteroatoms. The van der Waals surface area contributed by atoms with Gasteiger partial charge >= 0.3 is 18.1 Å². The molecule has 3 N–H and O–H groups in total. The lowest BCUT2D eigenvalue weighted by atomic mass is 10.2. The lowest BCUT2D eigenvalue weighted by Crippen LogP contribution is -2.51. The van der Waals surface area contributed by atoms with E-state index in [1.807, 2.05) is 15.9 Å². The third-order valence-electron chi connectivity index (χ3n) is 5.71. The van der Waals surface area contributed by atoms with Gasteiger partial charge in [-0.2, -0.15) is 13.2 Å². The highest BCUT2D eigenvalue weighted by molar-refractivity contribution is 5.96. The number of carbonyl (C=O) groups is 2. The van der Waals surface area contributed by atoms with Gasteiger partial charge in [0.05, 0.1) is 17.8 Å². The van der Waals surface area contributed by atoms with Gasteiger partial charge < -0.3 is 25.3 Å². The predicted octanol–water partition coefficient (Wildman–Crippen LogP) is 5.09. The second-order valence-corrected chi connectivity index (χ2v) is 8.51. The molecular weight excluding hydrogens is 539 g/mol. The summed E-state index contributed by atoms with van der Waals surface area (Å²) in [5.74, 6) is -3.75. The highest BCUT2D eigenvalue weighted by atomic mass is 19.4. The van der Waals surface area contributed by atoms with E-state index < -0.39 is 18.1 Å². The molecule has 8 nitrogen and oxygen atoms in total. The highest BCUT2D eigenvalue weighted by Crippen LogP contribution is 2.21. The molecule has 212 valence electrons. The van der Waals surface area contributed by atoms with Crippen molar-refractivity contribution in [2.45, 2.75) is 12.7 Å². The molecule has 0 radical (unpaired) electrons. The Labute approximate surface area is 226 Å². The Morgan fingerprint density at radius 2 is 1.50 bits per heavy atom. The van der Waals surface area contributed by atoms with Crippen LogP contribution in [0.4, 0.5) is 33.3 Å². The summed E-state index contributed by atoms with van der Waals surface area (Å²) >= 11 is 0. The van der Waals surface area contributed by atoms with Crippen LogP contribution in [0.3, 0.4) is 0 Å². The van der Waals surface area contributed by atoms with E-state index in [0.29, 0.717) is 50.1 Å². The fourth-order valence-corrected chi connectivity index (χ4v) is 3.70. The van der Waals surface area contributed by atoms with Crippen LogP contribution in [-0.2, 0) is 11.3 Å². The van der Waals surface area contributed by atoms with Crippen LogP contribution in [0.25, 0.3) is 0 Å². The average molecular weight is 565 g/mol. The number of halogens is 5. The third-order valence-corrected chi connectivity index (χ3v) is 5.71. The first-order chi connectivity index (χ1) is 18.9. The number of hydrogen-bond acceptors (Lipinski definition) is 4. The van der Waals surface area contributed by atoms with E-state index in [2.05, 4.69) is 5.32 Å². The second-order valence-electron chi connectivity index (χ2n) is 8.51. The molecule has 3 aromatic carbocycles. The molecule has 0 saturated carbocycles. The number of piperazine rings is 1. The number of aromatic carboxylic acids is 1. The SMILES string of the molecule is O=C(O)C(F)(F)F.O=C(O)c1cccc(NC(=NCc2ccc(F)cc2)N2CCN(c3ccccc3F)CC2)c1. The van der Waals surface area contributed by atoms with E-state index >= 15 is 0 Å². The number of aliphatic carboxylic acids is 1. The Bertz CT molecular complexity index is 1340. The third kappa shape index (κ3) is 8.68. The smallest absolute Gasteiger partial charge is 0.478 e. The minimum absolute atomic E-state index is 0.169. The monoisotopic (exact) mass is 564 g/mol. The van der Waals surface area contributed by atoms with Gasteiger partial charge in [-0.25, -0.2) is 23.4 Å². The zero-order valence-corrected chi connectivity index (χ0v) is 20.9. The topological polar surface area (TPSA) is 105 Å². The standard InChI is InChI=1S/C25H24F2N4O2.C2HF3O2/c26-20-10-8-18(9-11-20)17-28-25(29-21-5-3-4-19(16-21)24(32)33)31-14-12-30(13-15-31)23-7-2-1-6-22(23)27;3-2(4,5)1(6)7/h1-11,16H,12-15,17H2,(H,28,29)(H,32,33);(H,6,7). The number of benzene rings is 3. The number of guanidine groups is 1. The van der Waals surface area contributed by atoms with Crippen LogP contribution in [0.5, 0.6) is 0 Å². The molecule has 1 heterocycles. The summed E-state index contributed by atoms with van der Waals surface area (Å²) in [5, 5.41) is 19.7. The predicted molar refractivity (Wildman–Crippen MR) is 138 cm³/mol. The van der Waals surface area contributed by atoms with Gasteiger partial charge in [-0.05, 0) is 48.0 Å². The Balaban J connectivity index is 0.000000559. The quantitative estimate of drug-likeness (QED) is 0.225. The van der Waals surface area contributed by atoms with Crippen molar-refractivity contribution in [1.29, 1.82) is 0 Å². The van der Waals surface area contributed by atoms with Crippen LogP contribution in [0, 0.1) is 11.6 Å². The molecule has 4 rings (SSSR count). The number of nitrogens with zero attached hydrogens (tertiary/aromatic N) is 3. The van der Waals surface area contributed by atoms with Crippen LogP contribution in [0.2, 0.25) is 0 Å². The molecule has 1 fully saturated rings. The fourth-order valence-electron chi connectivity index (χ4n) is 3.70. The van der Waals surface area contributed by atoms with Gasteiger partial charge in [-0.15, -0.1) is 0 Å². The minimum Gasteiger partial charge on any atom is -0.478 e. The zero-order chi connectivity index (χ0) is 29.3. The molecule has 3 aromatic rings. The van der Waals surface area contributed by atoms with Crippen molar-refractivity contribution < 1.29 is 41.8 Å². The number of rotatable bonds is 5. The van der Waals surface area contributed by atoms with Crippen LogP contribution in [0.1, 0.15) is 15.9 Å². The van der Waals surface area contributed by atoms with Crippen molar-refractivity contribution >= 4 is 29.3 Å². The number of anilines is 2. The average Bonchev–Trinajstić information content (AvgIpc) is 2.92. The van der Waals surface area contributed by atoms with Gasteiger partial charge in [-0.1, -0.05) is 30.3 Å². The van der Waals surface area contributed by atoms with Gasteiger partial charge in [0.15, 0.2) is 5.96 Å². The number of nitrogens with one attached hydrogen (secondary N) is 1. The Hall–Kier alpha value is -4.68. The molecule has 1 saturated heterocycles. The second kappa shape index (κ2) is 13.4. The van der Waals surface area contributed by atoms with Crippen molar-refractivity contribution in [2.75, 3.05) is 36.4 Å². The maximum absolute atomic E-state index is 14.2. The van der Waals surface area contributed by atoms with Gasteiger partial charge in [-0.3, -0.25) is 0 Å². The molecule has 40 heavy (non-hydrogen) atoms. The van der Waals surface area contributed by atoms with Crippen LogP contribution in [-0.4, -0.2) is 65.4 Å². The molecule has 0 aliphatic carbocycles. The van der Waals surface area contributed by atoms with E-state index in [4.69, 9.17) is 14.9 Å². The number of hydrogen-bond donors (Lipinski definition) is 3. The molecule has 1 aliphatic rings. The Morgan fingerprint density at radius 3 is 2.08 bits per heavy atom. The molecule has 0 aromatic heterocycles. The Morgan fingerprint density at radius 1 is 0.875 bits per heavy atom. The lowest BCUT2D eigenvalue weighted by molar-refractivity contribution is -0.192. The molecule has 0 amide bonds. The summed E-state index contributed by atoms with van der Waals surface area (Å²) in [4.78, 5) is 29.0. The van der Waals surface area contributed by atoms with Crippen molar-refractivity contribution in [3.8, 4) is 0 Å². The number of carboxylic acids is 2. The van der Waals surface area contributed by atoms with Gasteiger partial charge in [0.1, 0.15) is 11.6 Å². The van der Waals surface area contributed by atoms with E-state index in [-0.39, 0.29) is 17.2 Å². The molecule has 1 aliphatic heterocycles. The van der Waals surface area contributed by atoms with Crippen molar-refractivity contribution in [2.24, 2.45) is 4.99 Å². The number of alkyl halides is 3. The fraction of sp³-hybridized carbons (Fsp3) is 0.222. The molecule has 0 atom stereocenters. The van der Waals surface area contributed by atoms with Gasteiger partial charge in [0.25, 0.3) is 0 Å². The van der Waals surface area contributed by atoms with Gasteiger partial charge in [0, 0.05) is 31.9 Å². The molecule has 0 spiro atoms. The molecule has 0 bridgehead atoms. The maximum Gasteiger partial charge on any atom is 0.490 e. The van der Waals surface area contributed by atoms with Gasteiger partial charge in [0.2, 0.25) is 0 Å². The van der Waals surface area contributed by atoms with E-state index in [9.17, 15) is 31.9 Å². The Kier molecular flexibility index (Phi) is 10.0. The zero-order valence-electron chi connectivity index (χ0n) is 20.9. The van der Waals surface area contributed by atoms with Crippen molar-refractivity contribution in [3.63, 3.8) is 0 Å². The molecule has 0 unspecified atom stereocenters. The largest absolute Gasteiger partial charge is 0.490 e. The number of carboxylic acid groups (broad SMARTS) is 2. The van der Waals surface area contributed by atoms with Crippen molar-refractivity contribution in [3.05, 3.63) is 95.6 Å². The van der Waals surface area contributed by atoms with Crippen LogP contribution in [0.15, 0.2) is 77.8 Å². The summed E-state index contributed by atoms with van der Waals surface area (Å²) in [5.41, 5.74) is 2.19. The lowest BCUT2D eigenvalue weighted by Gasteiger charge is -2.37. The van der Waals surface area contributed by atoms with Crippen LogP contribution >= 0.6 is 0 Å². The van der Waals surface area contributed by atoms with Crippen LogP contribution < -0.4 is 10.2 Å².